The van der Waals surface area contributed by atoms with Crippen molar-refractivity contribution in [2.75, 3.05) is 6.54 Å². The van der Waals surface area contributed by atoms with Gasteiger partial charge in [-0.1, -0.05) is 38.1 Å². The highest BCUT2D eigenvalue weighted by atomic mass is 14.9. The van der Waals surface area contributed by atoms with Crippen LogP contribution in [0.25, 0.3) is 0 Å². The Labute approximate surface area is 99.3 Å². The largest absolute Gasteiger partial charge is 0.310 e. The molecule has 1 aliphatic carbocycles. The molecule has 1 saturated carbocycles. The summed E-state index contributed by atoms with van der Waals surface area (Å²) in [6, 6.07) is 9.53. The first-order valence-electron chi connectivity index (χ1n) is 6.68. The minimum Gasteiger partial charge on any atom is -0.310 e. The Bertz CT molecular complexity index is 328. The van der Waals surface area contributed by atoms with E-state index in [9.17, 15) is 0 Å². The average molecular weight is 217 g/mol. The van der Waals surface area contributed by atoms with Crippen LogP contribution in [0.3, 0.4) is 0 Å². The van der Waals surface area contributed by atoms with Gasteiger partial charge in [0.2, 0.25) is 0 Å². The molecule has 0 spiro atoms. The van der Waals surface area contributed by atoms with Gasteiger partial charge in [-0.3, -0.25) is 0 Å². The van der Waals surface area contributed by atoms with Gasteiger partial charge in [0.1, 0.15) is 0 Å². The second-order valence-electron chi connectivity index (χ2n) is 4.82. The summed E-state index contributed by atoms with van der Waals surface area (Å²) in [5, 5.41) is 3.72. The van der Waals surface area contributed by atoms with Crippen molar-refractivity contribution in [3.8, 4) is 0 Å². The summed E-state index contributed by atoms with van der Waals surface area (Å²) in [5.74, 6) is 0.888. The van der Waals surface area contributed by atoms with Gasteiger partial charge in [0.05, 0.1) is 0 Å². The molecule has 1 N–H and O–H groups in total. The molecular formula is C15H23N. The first-order chi connectivity index (χ1) is 7.86. The Morgan fingerprint density at radius 1 is 1.25 bits per heavy atom. The number of hydrogen-bond acceptors (Lipinski definition) is 1. The lowest BCUT2D eigenvalue weighted by Gasteiger charge is -2.21. The maximum Gasteiger partial charge on any atom is 0.0351 e. The van der Waals surface area contributed by atoms with Crippen LogP contribution in [0, 0.1) is 5.92 Å². The summed E-state index contributed by atoms with van der Waals surface area (Å²) in [6.07, 6.45) is 5.17. The summed E-state index contributed by atoms with van der Waals surface area (Å²) in [7, 11) is 0. The molecule has 1 aromatic carbocycles. The Balaban J connectivity index is 2.16. The van der Waals surface area contributed by atoms with E-state index in [4.69, 9.17) is 0 Å². The molecule has 1 atom stereocenters. The van der Waals surface area contributed by atoms with Gasteiger partial charge >= 0.3 is 0 Å². The molecule has 0 bridgehead atoms. The molecule has 1 heteroatoms. The smallest absolute Gasteiger partial charge is 0.0351 e. The van der Waals surface area contributed by atoms with Crippen LogP contribution in [-0.4, -0.2) is 6.54 Å². The molecule has 1 aliphatic rings. The molecule has 1 unspecified atom stereocenters. The van der Waals surface area contributed by atoms with Gasteiger partial charge in [0.25, 0.3) is 0 Å². The topological polar surface area (TPSA) is 12.0 Å². The zero-order chi connectivity index (χ0) is 11.4. The van der Waals surface area contributed by atoms with Gasteiger partial charge in [-0.15, -0.1) is 0 Å². The van der Waals surface area contributed by atoms with Crippen molar-refractivity contribution in [3.05, 3.63) is 35.4 Å². The third kappa shape index (κ3) is 2.65. The fourth-order valence-electron chi connectivity index (χ4n) is 2.42. The SMILES string of the molecule is CCCNC(c1ccccc1CC)C1CC1. The van der Waals surface area contributed by atoms with E-state index in [2.05, 4.69) is 43.4 Å². The van der Waals surface area contributed by atoms with Gasteiger partial charge in [0, 0.05) is 6.04 Å². The molecule has 0 amide bonds. The maximum absolute atomic E-state index is 3.72. The van der Waals surface area contributed by atoms with Crippen molar-refractivity contribution in [2.24, 2.45) is 5.92 Å². The summed E-state index contributed by atoms with van der Waals surface area (Å²) in [5.41, 5.74) is 3.06. The standard InChI is InChI=1S/C15H23N/c1-3-11-16-15(13-9-10-13)14-8-6-5-7-12(14)4-2/h5-8,13,15-16H,3-4,9-11H2,1-2H3. The highest BCUT2D eigenvalue weighted by molar-refractivity contribution is 5.31. The normalized spacial score (nSPS) is 17.4. The lowest BCUT2D eigenvalue weighted by Crippen LogP contribution is -2.24. The number of hydrogen-bond donors (Lipinski definition) is 1. The van der Waals surface area contributed by atoms with Crippen LogP contribution in [0.1, 0.15) is 50.3 Å². The van der Waals surface area contributed by atoms with Gasteiger partial charge in [0.15, 0.2) is 0 Å². The fourth-order valence-corrected chi connectivity index (χ4v) is 2.42. The van der Waals surface area contributed by atoms with E-state index in [0.717, 1.165) is 18.9 Å². The van der Waals surface area contributed by atoms with Crippen molar-refractivity contribution >= 4 is 0 Å². The molecular weight excluding hydrogens is 194 g/mol. The number of rotatable bonds is 6. The van der Waals surface area contributed by atoms with Crippen molar-refractivity contribution in [3.63, 3.8) is 0 Å². The van der Waals surface area contributed by atoms with Crippen LogP contribution in [0.2, 0.25) is 0 Å². The van der Waals surface area contributed by atoms with Crippen molar-refractivity contribution in [1.82, 2.24) is 5.32 Å². The highest BCUT2D eigenvalue weighted by Crippen LogP contribution is 2.41. The molecule has 0 heterocycles. The number of aryl methyl sites for hydroxylation is 1. The second-order valence-corrected chi connectivity index (χ2v) is 4.82. The van der Waals surface area contributed by atoms with Crippen LogP contribution < -0.4 is 5.32 Å². The zero-order valence-electron chi connectivity index (χ0n) is 10.5. The fraction of sp³-hybridized carbons (Fsp3) is 0.600. The molecule has 16 heavy (non-hydrogen) atoms. The lowest BCUT2D eigenvalue weighted by molar-refractivity contribution is 0.478. The number of benzene rings is 1. The maximum atomic E-state index is 3.72. The molecule has 1 fully saturated rings. The summed E-state index contributed by atoms with van der Waals surface area (Å²) in [4.78, 5) is 0. The lowest BCUT2D eigenvalue weighted by atomic mass is 9.95. The quantitative estimate of drug-likeness (QED) is 0.766. The molecule has 0 aromatic heterocycles. The summed E-state index contributed by atoms with van der Waals surface area (Å²) in [6.45, 7) is 5.63. The summed E-state index contributed by atoms with van der Waals surface area (Å²) < 4.78 is 0. The van der Waals surface area contributed by atoms with Crippen LogP contribution >= 0.6 is 0 Å². The third-order valence-electron chi connectivity index (χ3n) is 3.48. The van der Waals surface area contributed by atoms with E-state index in [-0.39, 0.29) is 0 Å². The second kappa shape index (κ2) is 5.49. The molecule has 1 aromatic rings. The van der Waals surface area contributed by atoms with Gasteiger partial charge in [-0.25, -0.2) is 0 Å². The van der Waals surface area contributed by atoms with E-state index < -0.39 is 0 Å². The predicted octanol–water partition coefficient (Wildman–Crippen LogP) is 3.70. The van der Waals surface area contributed by atoms with Crippen LogP contribution in [0.4, 0.5) is 0 Å². The monoisotopic (exact) mass is 217 g/mol. The summed E-state index contributed by atoms with van der Waals surface area (Å²) >= 11 is 0. The zero-order valence-corrected chi connectivity index (χ0v) is 10.5. The minimum atomic E-state index is 0.608. The minimum absolute atomic E-state index is 0.608. The molecule has 0 aliphatic heterocycles. The molecule has 1 nitrogen and oxygen atoms in total. The van der Waals surface area contributed by atoms with E-state index in [1.165, 1.54) is 24.8 Å². The average Bonchev–Trinajstić information content (AvgIpc) is 3.14. The Morgan fingerprint density at radius 2 is 2.00 bits per heavy atom. The van der Waals surface area contributed by atoms with Gasteiger partial charge in [-0.2, -0.15) is 0 Å². The van der Waals surface area contributed by atoms with Crippen molar-refractivity contribution in [2.45, 2.75) is 45.6 Å². The van der Waals surface area contributed by atoms with Crippen molar-refractivity contribution in [1.29, 1.82) is 0 Å². The Kier molecular flexibility index (Phi) is 4.00. The third-order valence-corrected chi connectivity index (χ3v) is 3.48. The Morgan fingerprint density at radius 3 is 2.62 bits per heavy atom. The first-order valence-corrected chi connectivity index (χ1v) is 6.68. The van der Waals surface area contributed by atoms with E-state index in [0.29, 0.717) is 6.04 Å². The predicted molar refractivity (Wildman–Crippen MR) is 69.6 cm³/mol. The molecule has 88 valence electrons. The van der Waals surface area contributed by atoms with Crippen LogP contribution in [0.15, 0.2) is 24.3 Å². The van der Waals surface area contributed by atoms with E-state index in [1.807, 2.05) is 0 Å². The molecule has 0 saturated heterocycles. The number of nitrogens with one attached hydrogen (secondary N) is 1. The van der Waals surface area contributed by atoms with E-state index in [1.54, 1.807) is 5.56 Å². The van der Waals surface area contributed by atoms with Gasteiger partial charge in [-0.05, 0) is 49.3 Å². The van der Waals surface area contributed by atoms with Crippen LogP contribution in [-0.2, 0) is 6.42 Å². The molecule has 0 radical (unpaired) electrons. The highest BCUT2D eigenvalue weighted by Gasteiger charge is 2.32. The van der Waals surface area contributed by atoms with Gasteiger partial charge < -0.3 is 5.32 Å². The first kappa shape index (κ1) is 11.7. The Hall–Kier alpha value is -0.820. The molecule has 2 rings (SSSR count). The van der Waals surface area contributed by atoms with Crippen molar-refractivity contribution < 1.29 is 0 Å². The van der Waals surface area contributed by atoms with E-state index >= 15 is 0 Å². The van der Waals surface area contributed by atoms with Crippen LogP contribution in [0.5, 0.6) is 0 Å².